The number of hydrogen-bond donors (Lipinski definition) is 0. The smallest absolute Gasteiger partial charge is 0.341 e. The van der Waals surface area contributed by atoms with Gasteiger partial charge in [0.2, 0.25) is 5.91 Å². The number of pyridine rings is 2. The van der Waals surface area contributed by atoms with Gasteiger partial charge in [-0.2, -0.15) is 4.99 Å². The van der Waals surface area contributed by atoms with Crippen molar-refractivity contribution in [2.75, 3.05) is 6.61 Å². The van der Waals surface area contributed by atoms with Crippen LogP contribution in [-0.4, -0.2) is 32.4 Å². The van der Waals surface area contributed by atoms with E-state index in [0.29, 0.717) is 11.3 Å². The highest BCUT2D eigenvalue weighted by Gasteiger charge is 2.20. The van der Waals surface area contributed by atoms with Crippen molar-refractivity contribution in [1.82, 2.24) is 14.0 Å². The van der Waals surface area contributed by atoms with Gasteiger partial charge in [-0.1, -0.05) is 13.0 Å². The van der Waals surface area contributed by atoms with Crippen molar-refractivity contribution < 1.29 is 14.3 Å². The first-order chi connectivity index (χ1) is 13.4. The Morgan fingerprint density at radius 1 is 1.25 bits per heavy atom. The molecule has 0 aliphatic heterocycles. The number of fused-ring (bicyclic) bond motifs is 2. The second kappa shape index (κ2) is 7.75. The molecule has 0 unspecified atom stereocenters. The van der Waals surface area contributed by atoms with Crippen LogP contribution in [0.4, 0.5) is 0 Å². The Hall–Kier alpha value is -3.29. The molecule has 1 amide bonds. The number of rotatable bonds is 4. The normalized spacial score (nSPS) is 12.1. The van der Waals surface area contributed by atoms with E-state index in [1.807, 2.05) is 13.8 Å². The molecule has 0 atom stereocenters. The number of hydrogen-bond acceptors (Lipinski definition) is 5. The third-order valence-electron chi connectivity index (χ3n) is 4.28. The first-order valence-corrected chi connectivity index (χ1v) is 9.20. The topological polar surface area (TPSA) is 95.0 Å². The van der Waals surface area contributed by atoms with E-state index in [0.717, 1.165) is 0 Å². The fraction of sp³-hybridized carbons (Fsp3) is 0.350. The van der Waals surface area contributed by atoms with E-state index in [4.69, 9.17) is 4.74 Å². The average Bonchev–Trinajstić information content (AvgIpc) is 2.67. The third-order valence-corrected chi connectivity index (χ3v) is 4.28. The van der Waals surface area contributed by atoms with Gasteiger partial charge in [-0.15, -0.1) is 0 Å². The fourth-order valence-electron chi connectivity index (χ4n) is 3.00. The maximum absolute atomic E-state index is 13.0. The van der Waals surface area contributed by atoms with Crippen LogP contribution in [0.25, 0.3) is 16.7 Å². The molecule has 0 fully saturated rings. The molecular formula is C20H22N4O4. The molecule has 0 N–H and O–H groups in total. The molecule has 0 bridgehead atoms. The highest BCUT2D eigenvalue weighted by Crippen LogP contribution is 2.15. The molecule has 0 aliphatic carbocycles. The molecule has 8 heteroatoms. The molecule has 0 saturated carbocycles. The van der Waals surface area contributed by atoms with E-state index in [9.17, 15) is 14.4 Å². The Morgan fingerprint density at radius 3 is 2.64 bits per heavy atom. The van der Waals surface area contributed by atoms with Gasteiger partial charge in [0.25, 0.3) is 5.56 Å². The van der Waals surface area contributed by atoms with Crippen LogP contribution < -0.4 is 11.0 Å². The molecule has 0 aliphatic rings. The summed E-state index contributed by atoms with van der Waals surface area (Å²) < 4.78 is 8.20. The number of nitrogens with zero attached hydrogens (tertiary/aromatic N) is 4. The van der Waals surface area contributed by atoms with Crippen LogP contribution >= 0.6 is 0 Å². The van der Waals surface area contributed by atoms with Gasteiger partial charge in [-0.25, -0.2) is 9.78 Å². The van der Waals surface area contributed by atoms with E-state index < -0.39 is 5.97 Å². The van der Waals surface area contributed by atoms with E-state index in [1.54, 1.807) is 42.8 Å². The summed E-state index contributed by atoms with van der Waals surface area (Å²) in [5, 5.41) is 0.253. The Labute approximate surface area is 161 Å². The lowest BCUT2D eigenvalue weighted by molar-refractivity contribution is -0.117. The van der Waals surface area contributed by atoms with Crippen LogP contribution in [0.15, 0.2) is 40.2 Å². The molecule has 3 rings (SSSR count). The molecule has 0 radical (unpaired) electrons. The van der Waals surface area contributed by atoms with Crippen molar-refractivity contribution in [2.24, 2.45) is 4.99 Å². The van der Waals surface area contributed by atoms with Crippen LogP contribution in [-0.2, 0) is 9.53 Å². The molecule has 28 heavy (non-hydrogen) atoms. The maximum atomic E-state index is 13.0. The minimum atomic E-state index is -0.640. The Kier molecular flexibility index (Phi) is 5.39. The minimum Gasteiger partial charge on any atom is -0.462 e. The quantitative estimate of drug-likeness (QED) is 0.509. The summed E-state index contributed by atoms with van der Waals surface area (Å²) in [6.07, 6.45) is 1.80. The van der Waals surface area contributed by atoms with Crippen LogP contribution in [0, 0.1) is 0 Å². The number of carbonyl (C=O) groups excluding carboxylic acids is 2. The predicted molar refractivity (Wildman–Crippen MR) is 104 cm³/mol. The van der Waals surface area contributed by atoms with Gasteiger partial charge in [0, 0.05) is 18.7 Å². The number of amides is 1. The van der Waals surface area contributed by atoms with Gasteiger partial charge in [-0.05, 0) is 39.0 Å². The molecule has 3 heterocycles. The summed E-state index contributed by atoms with van der Waals surface area (Å²) >= 11 is 0. The largest absolute Gasteiger partial charge is 0.462 e. The molecule has 8 nitrogen and oxygen atoms in total. The number of ether oxygens (including phenoxy) is 1. The van der Waals surface area contributed by atoms with Crippen LogP contribution in [0.2, 0.25) is 0 Å². The van der Waals surface area contributed by atoms with Crippen LogP contribution in [0.5, 0.6) is 0 Å². The van der Waals surface area contributed by atoms with Gasteiger partial charge >= 0.3 is 5.97 Å². The van der Waals surface area contributed by atoms with E-state index in [1.165, 1.54) is 10.5 Å². The molecule has 0 aromatic carbocycles. The van der Waals surface area contributed by atoms with E-state index in [2.05, 4.69) is 9.98 Å². The van der Waals surface area contributed by atoms with Crippen LogP contribution in [0.1, 0.15) is 50.5 Å². The Morgan fingerprint density at radius 2 is 2.00 bits per heavy atom. The second-order valence-corrected chi connectivity index (χ2v) is 6.51. The lowest BCUT2D eigenvalue weighted by atomic mass is 10.2. The summed E-state index contributed by atoms with van der Waals surface area (Å²) in [6.45, 7) is 7.29. The van der Waals surface area contributed by atoms with Gasteiger partial charge in [0.15, 0.2) is 5.49 Å². The predicted octanol–water partition coefficient (Wildman–Crippen LogP) is 2.24. The molecule has 146 valence electrons. The maximum Gasteiger partial charge on any atom is 0.341 e. The molecule has 3 aromatic heterocycles. The standard InChI is InChI=1S/C20H22N4O4/c1-5-16(25)22-18-14(20(27)28-6-2)11-13-17(24(18)12(3)4)21-15-9-7-8-10-23(15)19(13)26/h7-12H,5-6H2,1-4H3. The lowest BCUT2D eigenvalue weighted by Gasteiger charge is -2.17. The average molecular weight is 382 g/mol. The first-order valence-electron chi connectivity index (χ1n) is 9.20. The highest BCUT2D eigenvalue weighted by molar-refractivity contribution is 5.93. The SMILES string of the molecule is CCOC(=O)c1cc2c(=O)n3ccccc3nc2n(C(C)C)c1=NC(=O)CC. The zero-order chi connectivity index (χ0) is 20.4. The van der Waals surface area contributed by atoms with Gasteiger partial charge in [0.05, 0.1) is 12.0 Å². The van der Waals surface area contributed by atoms with E-state index in [-0.39, 0.29) is 47.0 Å². The van der Waals surface area contributed by atoms with Gasteiger partial charge < -0.3 is 9.30 Å². The monoisotopic (exact) mass is 382 g/mol. The van der Waals surface area contributed by atoms with Crippen molar-refractivity contribution in [3.8, 4) is 0 Å². The second-order valence-electron chi connectivity index (χ2n) is 6.51. The fourth-order valence-corrected chi connectivity index (χ4v) is 3.00. The number of carbonyl (C=O) groups is 2. The van der Waals surface area contributed by atoms with Crippen molar-refractivity contribution in [1.29, 1.82) is 0 Å². The number of esters is 1. The summed E-state index contributed by atoms with van der Waals surface area (Å²) in [6, 6.07) is 6.44. The Balaban J connectivity index is 2.58. The van der Waals surface area contributed by atoms with Crippen molar-refractivity contribution in [3.05, 3.63) is 51.9 Å². The van der Waals surface area contributed by atoms with Gasteiger partial charge in [0.1, 0.15) is 16.9 Å². The zero-order valence-electron chi connectivity index (χ0n) is 16.3. The summed E-state index contributed by atoms with van der Waals surface area (Å²) in [5.74, 6) is -1.02. The first kappa shape index (κ1) is 19.5. The lowest BCUT2D eigenvalue weighted by Crippen LogP contribution is -2.33. The van der Waals surface area contributed by atoms with Crippen molar-refractivity contribution in [3.63, 3.8) is 0 Å². The number of aromatic nitrogens is 3. The summed E-state index contributed by atoms with van der Waals surface area (Å²) in [4.78, 5) is 46.5. The highest BCUT2D eigenvalue weighted by atomic mass is 16.5. The summed E-state index contributed by atoms with van der Waals surface area (Å²) in [5.41, 5.74) is 0.737. The summed E-state index contributed by atoms with van der Waals surface area (Å²) in [7, 11) is 0. The third kappa shape index (κ3) is 3.33. The van der Waals surface area contributed by atoms with E-state index >= 15 is 0 Å². The minimum absolute atomic E-state index is 0.0691. The van der Waals surface area contributed by atoms with Crippen LogP contribution in [0.3, 0.4) is 0 Å². The van der Waals surface area contributed by atoms with Gasteiger partial charge in [-0.3, -0.25) is 14.0 Å². The molecule has 0 spiro atoms. The zero-order valence-corrected chi connectivity index (χ0v) is 16.3. The van der Waals surface area contributed by atoms with Crippen molar-refractivity contribution >= 4 is 28.6 Å². The molecule has 3 aromatic rings. The molecule has 0 saturated heterocycles. The Bertz CT molecular complexity index is 1200. The van der Waals surface area contributed by atoms with Crippen molar-refractivity contribution in [2.45, 2.75) is 40.2 Å². The molecular weight excluding hydrogens is 360 g/mol.